The molecule has 0 radical (unpaired) electrons. The van der Waals surface area contributed by atoms with E-state index in [1.165, 1.54) is 0 Å². The SMILES string of the molecule is CC[C@]12CC(O)[C@H]3[C@@H](CCC45OC4C(=O)CC[C@H]35)[C@@H]1CCC2=O. The largest absolute Gasteiger partial charge is 0.393 e. The number of fused-ring (bicyclic) bond motifs is 4. The van der Waals surface area contributed by atoms with Crippen LogP contribution in [-0.2, 0) is 14.3 Å². The Bertz CT molecular complexity index is 586. The second kappa shape index (κ2) is 4.45. The van der Waals surface area contributed by atoms with Crippen LogP contribution in [0.1, 0.15) is 58.3 Å². The molecule has 4 aliphatic carbocycles. The number of aliphatic hydroxyl groups is 1. The first-order valence-corrected chi connectivity index (χ1v) is 9.45. The molecule has 1 N–H and O–H groups in total. The van der Waals surface area contributed by atoms with Gasteiger partial charge in [0.15, 0.2) is 5.78 Å². The molecule has 1 spiro atoms. The van der Waals surface area contributed by atoms with Crippen LogP contribution in [-0.4, -0.2) is 34.5 Å². The lowest BCUT2D eigenvalue weighted by molar-refractivity contribution is -0.152. The highest BCUT2D eigenvalue weighted by Gasteiger charge is 2.73. The predicted molar refractivity (Wildman–Crippen MR) is 82.6 cm³/mol. The second-order valence-electron chi connectivity index (χ2n) is 8.69. The molecule has 5 aliphatic rings. The van der Waals surface area contributed by atoms with E-state index in [4.69, 9.17) is 4.74 Å². The Morgan fingerprint density at radius 2 is 1.96 bits per heavy atom. The van der Waals surface area contributed by atoms with Crippen molar-refractivity contribution in [1.29, 1.82) is 0 Å². The first-order chi connectivity index (χ1) is 11.0. The molecule has 23 heavy (non-hydrogen) atoms. The van der Waals surface area contributed by atoms with Crippen LogP contribution in [0.25, 0.3) is 0 Å². The highest BCUT2D eigenvalue weighted by Crippen LogP contribution is 2.67. The summed E-state index contributed by atoms with van der Waals surface area (Å²) in [5.41, 5.74) is -0.508. The number of epoxide rings is 1. The number of ketones is 2. The van der Waals surface area contributed by atoms with Crippen LogP contribution in [0.3, 0.4) is 0 Å². The maximum absolute atomic E-state index is 12.6. The van der Waals surface area contributed by atoms with Gasteiger partial charge in [0.25, 0.3) is 0 Å². The van der Waals surface area contributed by atoms with E-state index in [2.05, 4.69) is 6.92 Å². The number of ether oxygens (including phenoxy) is 1. The van der Waals surface area contributed by atoms with Crippen LogP contribution in [0.5, 0.6) is 0 Å². The van der Waals surface area contributed by atoms with Crippen molar-refractivity contribution in [2.75, 3.05) is 0 Å². The average molecular weight is 318 g/mol. The van der Waals surface area contributed by atoms with Gasteiger partial charge in [0, 0.05) is 18.3 Å². The van der Waals surface area contributed by atoms with Crippen LogP contribution in [0, 0.1) is 29.1 Å². The number of hydrogen-bond acceptors (Lipinski definition) is 4. The number of carbonyl (C=O) groups excluding carboxylic acids is 2. The number of Topliss-reactive ketones (excluding diaryl/α,β-unsaturated/α-hetero) is 2. The molecule has 0 bridgehead atoms. The van der Waals surface area contributed by atoms with Crippen molar-refractivity contribution in [3.63, 3.8) is 0 Å². The standard InChI is InChI=1S/C19H26O4/c1-2-18-9-14(21)16-10(11(18)4-6-15(18)22)7-8-19-12(16)3-5-13(20)17(19)23-19/h10-12,14,16-17,21H,2-9H2,1H3/t10-,11-,12+,14?,16-,17?,18-,19?/m0/s1. The van der Waals surface area contributed by atoms with E-state index in [1.807, 2.05) is 0 Å². The molecule has 1 heterocycles. The summed E-state index contributed by atoms with van der Waals surface area (Å²) in [7, 11) is 0. The minimum absolute atomic E-state index is 0.183. The predicted octanol–water partition coefficient (Wildman–Crippen LogP) is 2.27. The molecule has 4 nitrogen and oxygen atoms in total. The molecule has 4 saturated carbocycles. The smallest absolute Gasteiger partial charge is 0.164 e. The number of carbonyl (C=O) groups is 2. The summed E-state index contributed by atoms with van der Waals surface area (Å²) < 4.78 is 5.94. The Hall–Kier alpha value is -0.740. The molecular weight excluding hydrogens is 292 g/mol. The molecule has 0 aromatic rings. The third kappa shape index (κ3) is 1.60. The van der Waals surface area contributed by atoms with Crippen molar-refractivity contribution in [1.82, 2.24) is 0 Å². The summed E-state index contributed by atoms with van der Waals surface area (Å²) in [6, 6.07) is 0. The quantitative estimate of drug-likeness (QED) is 0.753. The molecule has 5 rings (SSSR count). The summed E-state index contributed by atoms with van der Waals surface area (Å²) in [6.07, 6.45) is 6.06. The Morgan fingerprint density at radius 1 is 1.17 bits per heavy atom. The zero-order chi connectivity index (χ0) is 16.0. The van der Waals surface area contributed by atoms with Gasteiger partial charge < -0.3 is 9.84 Å². The fourth-order valence-electron chi connectivity index (χ4n) is 7.30. The van der Waals surface area contributed by atoms with Crippen molar-refractivity contribution in [3.05, 3.63) is 0 Å². The molecule has 0 aromatic heterocycles. The summed E-state index contributed by atoms with van der Waals surface area (Å²) >= 11 is 0. The molecule has 0 aromatic carbocycles. The summed E-state index contributed by atoms with van der Waals surface area (Å²) in [5, 5.41) is 11.0. The fraction of sp³-hybridized carbons (Fsp3) is 0.895. The molecular formula is C19H26O4. The highest BCUT2D eigenvalue weighted by molar-refractivity contribution is 5.89. The van der Waals surface area contributed by atoms with E-state index >= 15 is 0 Å². The zero-order valence-corrected chi connectivity index (χ0v) is 13.8. The minimum Gasteiger partial charge on any atom is -0.393 e. The normalized spacial score (nSPS) is 57.3. The second-order valence-corrected chi connectivity index (χ2v) is 8.69. The Kier molecular flexibility index (Phi) is 2.83. The topological polar surface area (TPSA) is 66.9 Å². The molecule has 3 unspecified atom stereocenters. The lowest BCUT2D eigenvalue weighted by Crippen LogP contribution is -2.58. The van der Waals surface area contributed by atoms with Crippen LogP contribution in [0.4, 0.5) is 0 Å². The molecule has 0 amide bonds. The van der Waals surface area contributed by atoms with Crippen LogP contribution >= 0.6 is 0 Å². The maximum Gasteiger partial charge on any atom is 0.164 e. The van der Waals surface area contributed by atoms with E-state index in [1.54, 1.807) is 0 Å². The van der Waals surface area contributed by atoms with Gasteiger partial charge in [-0.05, 0) is 62.2 Å². The lowest BCUT2D eigenvalue weighted by atomic mass is 9.48. The molecule has 1 aliphatic heterocycles. The van der Waals surface area contributed by atoms with Gasteiger partial charge in [-0.2, -0.15) is 0 Å². The fourth-order valence-corrected chi connectivity index (χ4v) is 7.30. The van der Waals surface area contributed by atoms with E-state index in [-0.39, 0.29) is 28.8 Å². The van der Waals surface area contributed by atoms with Crippen molar-refractivity contribution in [3.8, 4) is 0 Å². The van der Waals surface area contributed by atoms with Crippen LogP contribution in [0.2, 0.25) is 0 Å². The zero-order valence-electron chi connectivity index (χ0n) is 13.8. The van der Waals surface area contributed by atoms with Gasteiger partial charge >= 0.3 is 0 Å². The summed E-state index contributed by atoms with van der Waals surface area (Å²) in [6.45, 7) is 2.12. The van der Waals surface area contributed by atoms with E-state index in [0.29, 0.717) is 42.8 Å². The van der Waals surface area contributed by atoms with E-state index in [0.717, 1.165) is 32.1 Å². The van der Waals surface area contributed by atoms with E-state index in [9.17, 15) is 14.7 Å². The monoisotopic (exact) mass is 318 g/mol. The van der Waals surface area contributed by atoms with Crippen LogP contribution in [0.15, 0.2) is 0 Å². The first kappa shape index (κ1) is 14.6. The third-order valence-corrected chi connectivity index (χ3v) is 8.29. The summed E-state index contributed by atoms with van der Waals surface area (Å²) in [5.74, 6) is 2.10. The maximum atomic E-state index is 12.6. The van der Waals surface area contributed by atoms with Crippen molar-refractivity contribution in [2.24, 2.45) is 29.1 Å². The minimum atomic E-state index is -0.404. The van der Waals surface area contributed by atoms with Gasteiger partial charge in [-0.25, -0.2) is 0 Å². The Morgan fingerprint density at radius 3 is 2.74 bits per heavy atom. The summed E-state index contributed by atoms with van der Waals surface area (Å²) in [4.78, 5) is 24.6. The number of hydrogen-bond donors (Lipinski definition) is 1. The van der Waals surface area contributed by atoms with Gasteiger partial charge in [0.2, 0.25) is 0 Å². The van der Waals surface area contributed by atoms with Gasteiger partial charge in [-0.1, -0.05) is 6.92 Å². The van der Waals surface area contributed by atoms with Gasteiger partial charge in [-0.3, -0.25) is 9.59 Å². The Balaban J connectivity index is 1.51. The van der Waals surface area contributed by atoms with Gasteiger partial charge in [0.05, 0.1) is 6.10 Å². The number of aliphatic hydroxyl groups excluding tert-OH is 1. The Labute approximate surface area is 137 Å². The molecule has 8 atom stereocenters. The van der Waals surface area contributed by atoms with Crippen LogP contribution < -0.4 is 0 Å². The molecule has 4 heteroatoms. The molecule has 126 valence electrons. The first-order valence-electron chi connectivity index (χ1n) is 9.45. The van der Waals surface area contributed by atoms with Gasteiger partial charge in [-0.15, -0.1) is 0 Å². The molecule has 1 saturated heterocycles. The number of rotatable bonds is 1. The lowest BCUT2D eigenvalue weighted by Gasteiger charge is -2.55. The van der Waals surface area contributed by atoms with Crippen molar-refractivity contribution < 1.29 is 19.4 Å². The van der Waals surface area contributed by atoms with E-state index < -0.39 is 6.10 Å². The van der Waals surface area contributed by atoms with Crippen molar-refractivity contribution >= 4 is 11.6 Å². The molecule has 5 fully saturated rings. The van der Waals surface area contributed by atoms with Crippen molar-refractivity contribution in [2.45, 2.75) is 76.1 Å². The average Bonchev–Trinajstić information content (AvgIpc) is 3.20. The third-order valence-electron chi connectivity index (χ3n) is 8.29. The highest BCUT2D eigenvalue weighted by atomic mass is 16.6. The van der Waals surface area contributed by atoms with Gasteiger partial charge in [0.1, 0.15) is 17.5 Å².